The van der Waals surface area contributed by atoms with E-state index in [4.69, 9.17) is 9.84 Å². The normalized spacial score (nSPS) is 10.2. The maximum absolute atomic E-state index is 10.5. The predicted octanol–water partition coefficient (Wildman–Crippen LogP) is 1.11. The summed E-state index contributed by atoms with van der Waals surface area (Å²) in [6, 6.07) is 0. The number of methoxy groups -OCH3 is 1. The Kier molecular flexibility index (Phi) is 3.78. The molecule has 1 aromatic heterocycles. The fraction of sp³-hybridized carbons (Fsp3) is 0.429. The van der Waals surface area contributed by atoms with Crippen molar-refractivity contribution in [1.82, 2.24) is 5.16 Å². The maximum atomic E-state index is 10.5. The number of thioether (sulfide) groups is 1. The number of carbonyl (C=O) groups is 1. The third kappa shape index (κ3) is 2.74. The number of aromatic nitrogens is 1. The Balaban J connectivity index is 2.55. The molecule has 0 aliphatic rings. The van der Waals surface area contributed by atoms with Gasteiger partial charge in [-0.25, -0.2) is 4.79 Å². The third-order valence-electron chi connectivity index (χ3n) is 1.28. The average Bonchev–Trinajstić information content (AvgIpc) is 2.53. The quantitative estimate of drug-likeness (QED) is 0.571. The van der Waals surface area contributed by atoms with Gasteiger partial charge in [0.05, 0.1) is 11.5 Å². The minimum atomic E-state index is -1.08. The number of rotatable bonds is 5. The first kappa shape index (κ1) is 10.1. The molecule has 0 spiro atoms. The molecule has 0 saturated carbocycles. The molecular weight excluding hydrogens is 194 g/mol. The Morgan fingerprint density at radius 3 is 3.23 bits per heavy atom. The lowest BCUT2D eigenvalue weighted by Gasteiger charge is -1.96. The number of nitrogens with zero attached hydrogens (tertiary/aromatic N) is 1. The molecule has 1 N–H and O–H groups in total. The van der Waals surface area contributed by atoms with Gasteiger partial charge in [-0.05, 0) is 0 Å². The minimum absolute atomic E-state index is 0.0406. The lowest BCUT2D eigenvalue weighted by molar-refractivity contribution is 0.0682. The Morgan fingerprint density at radius 1 is 1.85 bits per heavy atom. The summed E-state index contributed by atoms with van der Waals surface area (Å²) in [6.07, 6.45) is 1.32. The molecule has 0 aliphatic heterocycles. The summed E-state index contributed by atoms with van der Waals surface area (Å²) in [5.74, 6) is -0.397. The van der Waals surface area contributed by atoms with Gasteiger partial charge < -0.3 is 14.4 Å². The van der Waals surface area contributed by atoms with Crippen LogP contribution in [-0.2, 0) is 4.74 Å². The van der Waals surface area contributed by atoms with Crippen molar-refractivity contribution >= 4 is 17.7 Å². The van der Waals surface area contributed by atoms with E-state index < -0.39 is 5.97 Å². The van der Waals surface area contributed by atoms with Gasteiger partial charge in [0, 0.05) is 12.9 Å². The van der Waals surface area contributed by atoms with Crippen molar-refractivity contribution in [3.8, 4) is 0 Å². The zero-order valence-electron chi connectivity index (χ0n) is 7.02. The van der Waals surface area contributed by atoms with Crippen molar-refractivity contribution in [3.05, 3.63) is 12.0 Å². The molecule has 5 nitrogen and oxygen atoms in total. The van der Waals surface area contributed by atoms with Crippen LogP contribution in [0.25, 0.3) is 0 Å². The van der Waals surface area contributed by atoms with E-state index in [2.05, 4.69) is 9.68 Å². The highest BCUT2D eigenvalue weighted by atomic mass is 32.2. The third-order valence-corrected chi connectivity index (χ3v) is 2.26. The number of hydrogen-bond donors (Lipinski definition) is 1. The monoisotopic (exact) mass is 203 g/mol. The zero-order valence-corrected chi connectivity index (χ0v) is 7.84. The van der Waals surface area contributed by atoms with Crippen LogP contribution in [0.3, 0.4) is 0 Å². The van der Waals surface area contributed by atoms with Gasteiger partial charge in [0.1, 0.15) is 6.26 Å². The van der Waals surface area contributed by atoms with Crippen molar-refractivity contribution in [2.75, 3.05) is 19.5 Å². The molecule has 0 atom stereocenters. The molecule has 0 saturated heterocycles. The lowest BCUT2D eigenvalue weighted by atomic mass is 10.4. The van der Waals surface area contributed by atoms with E-state index in [1.54, 1.807) is 7.11 Å². The van der Waals surface area contributed by atoms with Gasteiger partial charge in [-0.1, -0.05) is 5.16 Å². The number of ether oxygens (including phenoxy) is 1. The Morgan fingerprint density at radius 2 is 2.62 bits per heavy atom. The number of aromatic carboxylic acids is 1. The summed E-state index contributed by atoms with van der Waals surface area (Å²) in [7, 11) is 1.59. The van der Waals surface area contributed by atoms with Crippen LogP contribution in [0.15, 0.2) is 15.7 Å². The van der Waals surface area contributed by atoms with Gasteiger partial charge in [-0.2, -0.15) is 0 Å². The highest BCUT2D eigenvalue weighted by Gasteiger charge is 2.14. The average molecular weight is 203 g/mol. The first-order chi connectivity index (χ1) is 6.25. The Hall–Kier alpha value is -1.01. The molecule has 0 unspecified atom stereocenters. The topological polar surface area (TPSA) is 72.6 Å². The molecule has 1 aromatic rings. The first-order valence-electron chi connectivity index (χ1n) is 3.55. The highest BCUT2D eigenvalue weighted by Crippen LogP contribution is 2.21. The summed E-state index contributed by atoms with van der Waals surface area (Å²) in [6.45, 7) is 0.564. The molecule has 0 bridgehead atoms. The fourth-order valence-corrected chi connectivity index (χ4v) is 1.55. The highest BCUT2D eigenvalue weighted by molar-refractivity contribution is 7.99. The number of carboxylic acids is 1. The SMILES string of the molecule is COCCSc1conc1C(=O)O. The van der Waals surface area contributed by atoms with Crippen LogP contribution in [0.2, 0.25) is 0 Å². The van der Waals surface area contributed by atoms with E-state index in [9.17, 15) is 4.79 Å². The van der Waals surface area contributed by atoms with Crippen LogP contribution < -0.4 is 0 Å². The summed E-state index contributed by atoms with van der Waals surface area (Å²) in [4.78, 5) is 11.1. The van der Waals surface area contributed by atoms with Gasteiger partial charge in [0.15, 0.2) is 0 Å². The molecule has 0 aromatic carbocycles. The molecule has 72 valence electrons. The fourth-order valence-electron chi connectivity index (χ4n) is 0.710. The van der Waals surface area contributed by atoms with E-state index >= 15 is 0 Å². The Labute approximate surface area is 79.0 Å². The van der Waals surface area contributed by atoms with Crippen LogP contribution in [-0.4, -0.2) is 35.7 Å². The summed E-state index contributed by atoms with van der Waals surface area (Å²) >= 11 is 1.34. The van der Waals surface area contributed by atoms with Gasteiger partial charge in [0.2, 0.25) is 5.69 Å². The van der Waals surface area contributed by atoms with Crippen molar-refractivity contribution in [3.63, 3.8) is 0 Å². The van der Waals surface area contributed by atoms with Crippen LogP contribution >= 0.6 is 11.8 Å². The molecule has 1 rings (SSSR count). The second kappa shape index (κ2) is 4.88. The molecular formula is C7H9NO4S. The standard InChI is InChI=1S/C7H9NO4S/c1-11-2-3-13-5-4-12-8-6(5)7(9)10/h4H,2-3H2,1H3,(H,9,10). The van der Waals surface area contributed by atoms with Crippen molar-refractivity contribution < 1.29 is 19.2 Å². The van der Waals surface area contributed by atoms with Gasteiger partial charge >= 0.3 is 5.97 Å². The van der Waals surface area contributed by atoms with Crippen LogP contribution in [0, 0.1) is 0 Å². The lowest BCUT2D eigenvalue weighted by Crippen LogP contribution is -1.99. The van der Waals surface area contributed by atoms with Crippen LogP contribution in [0.5, 0.6) is 0 Å². The van der Waals surface area contributed by atoms with Crippen LogP contribution in [0.4, 0.5) is 0 Å². The summed E-state index contributed by atoms with van der Waals surface area (Å²) in [5.41, 5.74) is -0.0406. The Bertz CT molecular complexity index is 286. The smallest absolute Gasteiger partial charge is 0.359 e. The van der Waals surface area contributed by atoms with E-state index in [-0.39, 0.29) is 5.69 Å². The van der Waals surface area contributed by atoms with Crippen LogP contribution in [0.1, 0.15) is 10.5 Å². The number of hydrogen-bond acceptors (Lipinski definition) is 5. The maximum Gasteiger partial charge on any atom is 0.359 e. The van der Waals surface area contributed by atoms with Gasteiger partial charge in [0.25, 0.3) is 0 Å². The molecule has 1 heterocycles. The molecule has 0 fully saturated rings. The van der Waals surface area contributed by atoms with E-state index in [0.29, 0.717) is 17.3 Å². The summed E-state index contributed by atoms with van der Waals surface area (Å²) in [5, 5.41) is 12.0. The molecule has 13 heavy (non-hydrogen) atoms. The molecule has 0 amide bonds. The largest absolute Gasteiger partial charge is 0.476 e. The molecule has 0 radical (unpaired) electrons. The number of carboxylic acid groups (broad SMARTS) is 1. The summed E-state index contributed by atoms with van der Waals surface area (Å²) < 4.78 is 9.37. The van der Waals surface area contributed by atoms with Crippen molar-refractivity contribution in [2.45, 2.75) is 4.90 Å². The second-order valence-corrected chi connectivity index (χ2v) is 3.31. The predicted molar refractivity (Wildman–Crippen MR) is 46.1 cm³/mol. The zero-order chi connectivity index (χ0) is 9.68. The van der Waals surface area contributed by atoms with Gasteiger partial charge in [-0.3, -0.25) is 0 Å². The first-order valence-corrected chi connectivity index (χ1v) is 4.53. The van der Waals surface area contributed by atoms with Gasteiger partial charge in [-0.15, -0.1) is 11.8 Å². The molecule has 0 aliphatic carbocycles. The van der Waals surface area contributed by atoms with Crippen molar-refractivity contribution in [1.29, 1.82) is 0 Å². The minimum Gasteiger partial charge on any atom is -0.476 e. The molecule has 6 heteroatoms. The van der Waals surface area contributed by atoms with E-state index in [1.807, 2.05) is 0 Å². The van der Waals surface area contributed by atoms with Crippen molar-refractivity contribution in [2.24, 2.45) is 0 Å². The second-order valence-electron chi connectivity index (χ2n) is 2.17. The van der Waals surface area contributed by atoms with E-state index in [1.165, 1.54) is 18.0 Å². The van der Waals surface area contributed by atoms with E-state index in [0.717, 1.165) is 0 Å².